The van der Waals surface area contributed by atoms with Gasteiger partial charge >= 0.3 is 6.18 Å². The zero-order chi connectivity index (χ0) is 15.2. The molecule has 110 valence electrons. The summed E-state index contributed by atoms with van der Waals surface area (Å²) in [5, 5.41) is 12.7. The Morgan fingerprint density at radius 1 is 1.30 bits per heavy atom. The van der Waals surface area contributed by atoms with Gasteiger partial charge in [-0.3, -0.25) is 14.9 Å². The molecule has 6 nitrogen and oxygen atoms in total. The van der Waals surface area contributed by atoms with Crippen molar-refractivity contribution < 1.29 is 27.6 Å². The predicted octanol–water partition coefficient (Wildman–Crippen LogP) is 1.90. The van der Waals surface area contributed by atoms with Gasteiger partial charge in [-0.1, -0.05) is 0 Å². The van der Waals surface area contributed by atoms with Crippen molar-refractivity contribution in [3.8, 4) is 0 Å². The summed E-state index contributed by atoms with van der Waals surface area (Å²) in [5.74, 6) is -0.546. The number of ether oxygens (including phenoxy) is 1. The molecule has 0 aromatic heterocycles. The van der Waals surface area contributed by atoms with Crippen molar-refractivity contribution in [2.75, 3.05) is 19.8 Å². The van der Waals surface area contributed by atoms with E-state index in [1.807, 2.05) is 0 Å². The molecule has 0 saturated carbocycles. The number of rotatable bonds is 6. The largest absolute Gasteiger partial charge is 0.411 e. The first-order chi connectivity index (χ1) is 9.29. The van der Waals surface area contributed by atoms with E-state index in [0.29, 0.717) is 0 Å². The fourth-order valence-electron chi connectivity index (χ4n) is 1.26. The normalized spacial score (nSPS) is 11.2. The zero-order valence-corrected chi connectivity index (χ0v) is 10.1. The number of nitrogens with one attached hydrogen (secondary N) is 1. The van der Waals surface area contributed by atoms with E-state index in [2.05, 4.69) is 10.1 Å². The number of carbonyl (C=O) groups excluding carboxylic acids is 1. The van der Waals surface area contributed by atoms with Crippen LogP contribution in [0.3, 0.4) is 0 Å². The Balaban J connectivity index is 2.34. The van der Waals surface area contributed by atoms with Gasteiger partial charge in [0.15, 0.2) is 0 Å². The van der Waals surface area contributed by atoms with E-state index in [0.717, 1.165) is 12.1 Å². The monoisotopic (exact) mass is 292 g/mol. The third-order valence-corrected chi connectivity index (χ3v) is 2.14. The molecule has 0 fully saturated rings. The van der Waals surface area contributed by atoms with Gasteiger partial charge in [-0.2, -0.15) is 13.2 Å². The SMILES string of the molecule is O=C(NCCOCC(F)(F)F)c1ccc([N+](=O)[O-])cc1. The summed E-state index contributed by atoms with van der Waals surface area (Å²) in [6, 6.07) is 4.83. The van der Waals surface area contributed by atoms with Crippen molar-refractivity contribution in [1.82, 2.24) is 5.32 Å². The number of nitro groups is 1. The van der Waals surface area contributed by atoms with Crippen molar-refractivity contribution in [2.45, 2.75) is 6.18 Å². The van der Waals surface area contributed by atoms with Crippen LogP contribution in [-0.2, 0) is 4.74 Å². The topological polar surface area (TPSA) is 81.5 Å². The molecule has 0 aliphatic rings. The van der Waals surface area contributed by atoms with Gasteiger partial charge in [0.25, 0.3) is 11.6 Å². The van der Waals surface area contributed by atoms with E-state index >= 15 is 0 Å². The lowest BCUT2D eigenvalue weighted by Crippen LogP contribution is -2.28. The second-order valence-corrected chi connectivity index (χ2v) is 3.73. The van der Waals surface area contributed by atoms with Gasteiger partial charge in [-0.25, -0.2) is 0 Å². The Morgan fingerprint density at radius 2 is 1.90 bits per heavy atom. The van der Waals surface area contributed by atoms with Crippen LogP contribution in [0.15, 0.2) is 24.3 Å². The molecule has 20 heavy (non-hydrogen) atoms. The van der Waals surface area contributed by atoms with E-state index in [4.69, 9.17) is 0 Å². The van der Waals surface area contributed by atoms with Crippen LogP contribution in [0.5, 0.6) is 0 Å². The number of halogens is 3. The number of nitro benzene ring substituents is 1. The van der Waals surface area contributed by atoms with Crippen LogP contribution in [0, 0.1) is 10.1 Å². The molecule has 0 bridgehead atoms. The molecule has 1 rings (SSSR count). The fraction of sp³-hybridized carbons (Fsp3) is 0.364. The summed E-state index contributed by atoms with van der Waals surface area (Å²) >= 11 is 0. The molecule has 0 spiro atoms. The smallest absolute Gasteiger partial charge is 0.370 e. The first-order valence-corrected chi connectivity index (χ1v) is 5.47. The molecule has 0 heterocycles. The number of hydrogen-bond donors (Lipinski definition) is 1. The lowest BCUT2D eigenvalue weighted by molar-refractivity contribution is -0.384. The Bertz CT molecular complexity index is 474. The van der Waals surface area contributed by atoms with Crippen LogP contribution >= 0.6 is 0 Å². The highest BCUT2D eigenvalue weighted by molar-refractivity contribution is 5.94. The Morgan fingerprint density at radius 3 is 2.40 bits per heavy atom. The average Bonchev–Trinajstić information content (AvgIpc) is 2.37. The van der Waals surface area contributed by atoms with E-state index in [1.54, 1.807) is 0 Å². The van der Waals surface area contributed by atoms with Crippen molar-refractivity contribution in [3.05, 3.63) is 39.9 Å². The summed E-state index contributed by atoms with van der Waals surface area (Å²) in [6.45, 7) is -1.75. The first-order valence-electron chi connectivity index (χ1n) is 5.47. The lowest BCUT2D eigenvalue weighted by Gasteiger charge is -2.08. The summed E-state index contributed by atoms with van der Waals surface area (Å²) < 4.78 is 39.5. The quantitative estimate of drug-likeness (QED) is 0.493. The zero-order valence-electron chi connectivity index (χ0n) is 10.1. The van der Waals surface area contributed by atoms with Gasteiger partial charge in [0, 0.05) is 24.2 Å². The van der Waals surface area contributed by atoms with Crippen molar-refractivity contribution in [3.63, 3.8) is 0 Å². The molecule has 9 heteroatoms. The van der Waals surface area contributed by atoms with Crippen LogP contribution in [0.4, 0.5) is 18.9 Å². The van der Waals surface area contributed by atoms with Crippen LogP contribution in [0.1, 0.15) is 10.4 Å². The molecule has 0 atom stereocenters. The summed E-state index contributed by atoms with van der Waals surface area (Å²) in [6.07, 6.45) is -4.40. The average molecular weight is 292 g/mol. The van der Waals surface area contributed by atoms with E-state index in [1.165, 1.54) is 12.1 Å². The molecule has 0 unspecified atom stereocenters. The van der Waals surface area contributed by atoms with Crippen LogP contribution < -0.4 is 5.32 Å². The Hall–Kier alpha value is -2.16. The number of nitrogens with zero attached hydrogens (tertiary/aromatic N) is 1. The first kappa shape index (κ1) is 15.9. The minimum Gasteiger partial charge on any atom is -0.370 e. The molecule has 1 aromatic carbocycles. The third-order valence-electron chi connectivity index (χ3n) is 2.14. The minimum absolute atomic E-state index is 0.0914. The van der Waals surface area contributed by atoms with E-state index in [-0.39, 0.29) is 24.4 Å². The van der Waals surface area contributed by atoms with Gasteiger partial charge in [0.2, 0.25) is 0 Å². The van der Waals surface area contributed by atoms with Crippen molar-refractivity contribution in [2.24, 2.45) is 0 Å². The second-order valence-electron chi connectivity index (χ2n) is 3.73. The molecular weight excluding hydrogens is 281 g/mol. The van der Waals surface area contributed by atoms with Gasteiger partial charge in [0.1, 0.15) is 6.61 Å². The number of benzene rings is 1. The fourth-order valence-corrected chi connectivity index (χ4v) is 1.26. The number of alkyl halides is 3. The van der Waals surface area contributed by atoms with E-state index < -0.39 is 23.6 Å². The van der Waals surface area contributed by atoms with Gasteiger partial charge < -0.3 is 10.1 Å². The Labute approximate surface area is 111 Å². The maximum absolute atomic E-state index is 11.7. The van der Waals surface area contributed by atoms with Crippen molar-refractivity contribution >= 4 is 11.6 Å². The van der Waals surface area contributed by atoms with E-state index in [9.17, 15) is 28.1 Å². The number of non-ortho nitro benzene ring substituents is 1. The highest BCUT2D eigenvalue weighted by Crippen LogP contribution is 2.14. The molecule has 0 aliphatic heterocycles. The lowest BCUT2D eigenvalue weighted by atomic mass is 10.2. The number of amides is 1. The number of hydrogen-bond acceptors (Lipinski definition) is 4. The summed E-state index contributed by atoms with van der Waals surface area (Å²) in [4.78, 5) is 21.3. The summed E-state index contributed by atoms with van der Waals surface area (Å²) in [7, 11) is 0. The van der Waals surface area contributed by atoms with Crippen LogP contribution in [0.2, 0.25) is 0 Å². The van der Waals surface area contributed by atoms with Gasteiger partial charge in [-0.05, 0) is 12.1 Å². The summed E-state index contributed by atoms with van der Waals surface area (Å²) in [5.41, 5.74) is 0.0153. The predicted molar refractivity (Wildman–Crippen MR) is 62.3 cm³/mol. The molecule has 1 N–H and O–H groups in total. The van der Waals surface area contributed by atoms with Crippen molar-refractivity contribution in [1.29, 1.82) is 0 Å². The third kappa shape index (κ3) is 5.65. The highest BCUT2D eigenvalue weighted by Gasteiger charge is 2.27. The molecule has 1 aromatic rings. The van der Waals surface area contributed by atoms with Crippen LogP contribution in [-0.4, -0.2) is 36.8 Å². The Kier molecular flexibility index (Phi) is 5.44. The number of carbonyl (C=O) groups is 1. The molecule has 1 amide bonds. The second kappa shape index (κ2) is 6.85. The van der Waals surface area contributed by atoms with Crippen LogP contribution in [0.25, 0.3) is 0 Å². The molecular formula is C11H11F3N2O4. The van der Waals surface area contributed by atoms with Gasteiger partial charge in [-0.15, -0.1) is 0 Å². The maximum atomic E-state index is 11.7. The van der Waals surface area contributed by atoms with Gasteiger partial charge in [0.05, 0.1) is 11.5 Å². The molecule has 0 saturated heterocycles. The molecule has 0 aliphatic carbocycles. The molecule has 0 radical (unpaired) electrons. The highest BCUT2D eigenvalue weighted by atomic mass is 19.4. The standard InChI is InChI=1S/C11H11F3N2O4/c12-11(13,14)7-20-6-5-15-10(17)8-1-3-9(4-2-8)16(18)19/h1-4H,5-7H2,(H,15,17). The minimum atomic E-state index is -4.40. The maximum Gasteiger partial charge on any atom is 0.411 e.